The van der Waals surface area contributed by atoms with Gasteiger partial charge in [-0.2, -0.15) is 0 Å². The first-order chi connectivity index (χ1) is 18.0. The highest BCUT2D eigenvalue weighted by atomic mass is 16.6. The Balaban J connectivity index is 1.40. The van der Waals surface area contributed by atoms with E-state index in [2.05, 4.69) is 6.58 Å². The van der Waals surface area contributed by atoms with Gasteiger partial charge in [0.05, 0.1) is 18.0 Å². The predicted octanol–water partition coefficient (Wildman–Crippen LogP) is 4.31. The quantitative estimate of drug-likeness (QED) is 0.450. The Morgan fingerprint density at radius 2 is 1.38 bits per heavy atom. The highest BCUT2D eigenvalue weighted by molar-refractivity contribution is 5.96. The largest absolute Gasteiger partial charge is 0.447 e. The minimum absolute atomic E-state index is 0.0841. The zero-order valence-corrected chi connectivity index (χ0v) is 20.5. The number of nitrogens with zero attached hydrogens (tertiary/aromatic N) is 2. The lowest BCUT2D eigenvalue weighted by atomic mass is 10.00. The summed E-state index contributed by atoms with van der Waals surface area (Å²) in [4.78, 5) is 53.2. The molecule has 0 radical (unpaired) electrons. The Morgan fingerprint density at radius 1 is 0.865 bits per heavy atom. The van der Waals surface area contributed by atoms with Crippen molar-refractivity contribution in [3.8, 4) is 0 Å². The van der Waals surface area contributed by atoms with E-state index in [-0.39, 0.29) is 32.1 Å². The van der Waals surface area contributed by atoms with Crippen molar-refractivity contribution in [2.24, 2.45) is 5.92 Å². The number of allylic oxidation sites excluding steroid dienone is 1. The number of imide groups is 2. The number of rotatable bonds is 10. The molecule has 0 saturated carbocycles. The molecule has 0 aromatic heterocycles. The van der Waals surface area contributed by atoms with Crippen LogP contribution in [0.25, 0.3) is 0 Å². The number of amides is 4. The summed E-state index contributed by atoms with van der Waals surface area (Å²) in [5.74, 6) is -1.51. The first kappa shape index (κ1) is 25.9. The maximum Gasteiger partial charge on any atom is 0.417 e. The van der Waals surface area contributed by atoms with Gasteiger partial charge in [-0.1, -0.05) is 78.9 Å². The van der Waals surface area contributed by atoms with Crippen LogP contribution in [0.4, 0.5) is 9.59 Å². The average molecular weight is 503 g/mol. The highest BCUT2D eigenvalue weighted by Gasteiger charge is 2.40. The molecule has 8 nitrogen and oxygen atoms in total. The first-order valence-corrected chi connectivity index (χ1v) is 12.3. The van der Waals surface area contributed by atoms with Crippen molar-refractivity contribution in [3.63, 3.8) is 0 Å². The summed E-state index contributed by atoms with van der Waals surface area (Å²) in [6.07, 6.45) is 4.60. The second-order valence-corrected chi connectivity index (χ2v) is 9.08. The molecule has 192 valence electrons. The molecule has 2 aliphatic heterocycles. The third-order valence-corrected chi connectivity index (χ3v) is 6.46. The summed E-state index contributed by atoms with van der Waals surface area (Å²) in [6.45, 7) is 3.99. The van der Waals surface area contributed by atoms with Crippen molar-refractivity contribution in [2.75, 3.05) is 13.2 Å². The molecule has 0 aliphatic carbocycles. The lowest BCUT2D eigenvalue weighted by Crippen LogP contribution is -2.43. The molecule has 2 heterocycles. The second kappa shape index (κ2) is 12.2. The van der Waals surface area contributed by atoms with Gasteiger partial charge >= 0.3 is 12.2 Å². The molecule has 37 heavy (non-hydrogen) atoms. The standard InChI is InChI=1S/C29H30N2O6/c1-2-10-23(27(33)31-25(20-37-29(31)35)18-22-13-7-4-8-14-22)15-9-16-26(32)30-24(19-36-28(30)34)17-21-11-5-3-6-12-21/h2-9,11-15,23-25H,1,10,16-20H2/b15-9+/t23-,24-,25-/m0/s1. The van der Waals surface area contributed by atoms with Crippen LogP contribution in [0.15, 0.2) is 85.5 Å². The normalized spacial score (nSPS) is 20.1. The van der Waals surface area contributed by atoms with Gasteiger partial charge < -0.3 is 9.47 Å². The molecular formula is C29H30N2O6. The second-order valence-electron chi connectivity index (χ2n) is 9.08. The third kappa shape index (κ3) is 6.33. The van der Waals surface area contributed by atoms with E-state index >= 15 is 0 Å². The van der Waals surface area contributed by atoms with Crippen molar-refractivity contribution >= 4 is 24.0 Å². The summed E-state index contributed by atoms with van der Waals surface area (Å²) in [7, 11) is 0. The van der Waals surface area contributed by atoms with E-state index in [4.69, 9.17) is 9.47 Å². The first-order valence-electron chi connectivity index (χ1n) is 12.3. The Labute approximate surface area is 216 Å². The van der Waals surface area contributed by atoms with Crippen molar-refractivity contribution in [1.29, 1.82) is 0 Å². The fourth-order valence-corrected chi connectivity index (χ4v) is 4.62. The van der Waals surface area contributed by atoms with E-state index in [1.807, 2.05) is 60.7 Å². The summed E-state index contributed by atoms with van der Waals surface area (Å²) in [5, 5.41) is 0. The maximum absolute atomic E-state index is 13.3. The van der Waals surface area contributed by atoms with Gasteiger partial charge in [-0.15, -0.1) is 6.58 Å². The Bertz CT molecular complexity index is 1160. The summed E-state index contributed by atoms with van der Waals surface area (Å²) >= 11 is 0. The average Bonchev–Trinajstić information content (AvgIpc) is 3.45. The van der Waals surface area contributed by atoms with Gasteiger partial charge in [0.2, 0.25) is 11.8 Å². The lowest BCUT2D eigenvalue weighted by Gasteiger charge is -2.23. The topological polar surface area (TPSA) is 93.2 Å². The molecule has 3 atom stereocenters. The van der Waals surface area contributed by atoms with Crippen LogP contribution in [-0.2, 0) is 31.9 Å². The highest BCUT2D eigenvalue weighted by Crippen LogP contribution is 2.23. The predicted molar refractivity (Wildman–Crippen MR) is 136 cm³/mol. The van der Waals surface area contributed by atoms with E-state index in [0.717, 1.165) is 16.0 Å². The fraction of sp³-hybridized carbons (Fsp3) is 0.310. The summed E-state index contributed by atoms with van der Waals surface area (Å²) < 4.78 is 10.3. The van der Waals surface area contributed by atoms with Crippen LogP contribution >= 0.6 is 0 Å². The molecule has 2 aromatic rings. The van der Waals surface area contributed by atoms with Gasteiger partial charge in [-0.25, -0.2) is 19.4 Å². The van der Waals surface area contributed by atoms with Crippen LogP contribution in [0.3, 0.4) is 0 Å². The van der Waals surface area contributed by atoms with Crippen LogP contribution < -0.4 is 0 Å². The van der Waals surface area contributed by atoms with Crippen LogP contribution in [-0.4, -0.2) is 59.1 Å². The summed E-state index contributed by atoms with van der Waals surface area (Å²) in [6, 6.07) is 18.4. The van der Waals surface area contributed by atoms with Crippen LogP contribution in [0.5, 0.6) is 0 Å². The minimum Gasteiger partial charge on any atom is -0.447 e. The van der Waals surface area contributed by atoms with Crippen molar-refractivity contribution in [3.05, 3.63) is 96.6 Å². The third-order valence-electron chi connectivity index (χ3n) is 6.46. The van der Waals surface area contributed by atoms with Crippen LogP contribution in [0.2, 0.25) is 0 Å². The number of cyclic esters (lactones) is 2. The molecule has 4 rings (SSSR count). The number of ether oxygens (including phenoxy) is 2. The number of hydrogen-bond donors (Lipinski definition) is 0. The number of carbonyl (C=O) groups is 4. The van der Waals surface area contributed by atoms with E-state index in [9.17, 15) is 19.2 Å². The van der Waals surface area contributed by atoms with E-state index in [0.29, 0.717) is 12.8 Å². The smallest absolute Gasteiger partial charge is 0.417 e. The maximum atomic E-state index is 13.3. The zero-order chi connectivity index (χ0) is 26.2. The number of hydrogen-bond acceptors (Lipinski definition) is 6. The number of benzene rings is 2. The van der Waals surface area contributed by atoms with E-state index in [1.54, 1.807) is 18.2 Å². The molecule has 0 unspecified atom stereocenters. The van der Waals surface area contributed by atoms with Gasteiger partial charge in [0.15, 0.2) is 0 Å². The Kier molecular flexibility index (Phi) is 8.51. The number of carbonyl (C=O) groups excluding carboxylic acids is 4. The van der Waals surface area contributed by atoms with Gasteiger partial charge in [-0.05, 0) is 30.4 Å². The Hall–Kier alpha value is -4.20. The zero-order valence-electron chi connectivity index (χ0n) is 20.5. The van der Waals surface area contributed by atoms with Gasteiger partial charge in [0.1, 0.15) is 13.2 Å². The molecular weight excluding hydrogens is 472 g/mol. The van der Waals surface area contributed by atoms with Gasteiger partial charge in [0.25, 0.3) is 0 Å². The molecule has 2 aromatic carbocycles. The van der Waals surface area contributed by atoms with Crippen molar-refractivity contribution in [2.45, 2.75) is 37.8 Å². The molecule has 0 spiro atoms. The van der Waals surface area contributed by atoms with Crippen LogP contribution in [0.1, 0.15) is 24.0 Å². The Morgan fingerprint density at radius 3 is 1.92 bits per heavy atom. The molecule has 0 bridgehead atoms. The van der Waals surface area contributed by atoms with Crippen LogP contribution in [0, 0.1) is 5.92 Å². The molecule has 4 amide bonds. The van der Waals surface area contributed by atoms with E-state index in [1.165, 1.54) is 4.90 Å². The molecule has 2 fully saturated rings. The monoisotopic (exact) mass is 502 g/mol. The molecule has 2 saturated heterocycles. The van der Waals surface area contributed by atoms with E-state index < -0.39 is 36.0 Å². The minimum atomic E-state index is -0.695. The SMILES string of the molecule is C=CC[C@@H](/C=C/CC(=O)N1C(=O)OC[C@@H]1Cc1ccccc1)C(=O)N1C(=O)OC[C@@H]1Cc1ccccc1. The molecule has 2 aliphatic rings. The lowest BCUT2D eigenvalue weighted by molar-refractivity contribution is -0.132. The fourth-order valence-electron chi connectivity index (χ4n) is 4.62. The van der Waals surface area contributed by atoms with Gasteiger partial charge in [-0.3, -0.25) is 9.59 Å². The van der Waals surface area contributed by atoms with Gasteiger partial charge in [0, 0.05) is 6.42 Å². The molecule has 0 N–H and O–H groups in total. The molecule has 8 heteroatoms. The summed E-state index contributed by atoms with van der Waals surface area (Å²) in [5.41, 5.74) is 1.99. The van der Waals surface area contributed by atoms with Crippen molar-refractivity contribution in [1.82, 2.24) is 9.80 Å². The van der Waals surface area contributed by atoms with Crippen molar-refractivity contribution < 1.29 is 28.7 Å².